The number of hydrogen-bond donors (Lipinski definition) is 1. The molecule has 4 heteroatoms. The smallest absolute Gasteiger partial charge is 0.229 e. The zero-order valence-corrected chi connectivity index (χ0v) is 11.1. The lowest BCUT2D eigenvalue weighted by molar-refractivity contribution is -0.153. The van der Waals surface area contributed by atoms with Crippen LogP contribution in [0.1, 0.15) is 25.3 Å². The number of nitrogens with zero attached hydrogens (tertiary/aromatic N) is 1. The maximum Gasteiger partial charge on any atom is 0.229 e. The van der Waals surface area contributed by atoms with Crippen molar-refractivity contribution in [1.29, 1.82) is 0 Å². The van der Waals surface area contributed by atoms with Gasteiger partial charge in [0, 0.05) is 12.8 Å². The molecule has 0 saturated carbocycles. The van der Waals surface area contributed by atoms with E-state index >= 15 is 0 Å². The molecule has 102 valence electrons. The third kappa shape index (κ3) is 3.20. The van der Waals surface area contributed by atoms with Gasteiger partial charge in [0.25, 0.3) is 0 Å². The van der Waals surface area contributed by atoms with Crippen molar-refractivity contribution in [3.63, 3.8) is 0 Å². The van der Waals surface area contributed by atoms with Crippen molar-refractivity contribution in [2.45, 2.75) is 32.2 Å². The van der Waals surface area contributed by atoms with E-state index in [4.69, 9.17) is 0 Å². The van der Waals surface area contributed by atoms with Crippen molar-refractivity contribution in [1.82, 2.24) is 4.90 Å². The van der Waals surface area contributed by atoms with Crippen LogP contribution in [-0.2, 0) is 16.0 Å². The Morgan fingerprint density at radius 1 is 1.21 bits per heavy atom. The first kappa shape index (κ1) is 13.7. The monoisotopic (exact) mass is 261 g/mol. The predicted molar refractivity (Wildman–Crippen MR) is 71.3 cm³/mol. The third-order valence-electron chi connectivity index (χ3n) is 3.47. The molecule has 0 radical (unpaired) electrons. The number of aliphatic hydroxyl groups excluding tert-OH is 1. The molecule has 1 N–H and O–H groups in total. The van der Waals surface area contributed by atoms with E-state index in [-0.39, 0.29) is 24.3 Å². The molecule has 4 nitrogen and oxygen atoms in total. The molecule has 0 aliphatic carbocycles. The lowest BCUT2D eigenvalue weighted by Gasteiger charge is -2.34. The fourth-order valence-electron chi connectivity index (χ4n) is 2.54. The molecule has 1 fully saturated rings. The summed E-state index contributed by atoms with van der Waals surface area (Å²) < 4.78 is 0. The number of aliphatic hydroxyl groups is 1. The van der Waals surface area contributed by atoms with Crippen molar-refractivity contribution in [3.05, 3.63) is 35.9 Å². The van der Waals surface area contributed by atoms with Crippen LogP contribution in [0.5, 0.6) is 0 Å². The Bertz CT molecular complexity index is 440. The van der Waals surface area contributed by atoms with Crippen molar-refractivity contribution in [2.24, 2.45) is 5.92 Å². The van der Waals surface area contributed by atoms with E-state index in [1.807, 2.05) is 37.3 Å². The molecule has 0 unspecified atom stereocenters. The van der Waals surface area contributed by atoms with Crippen molar-refractivity contribution in [3.8, 4) is 0 Å². The molecule has 1 atom stereocenters. The molecular formula is C15H19NO3. The van der Waals surface area contributed by atoms with E-state index in [1.54, 1.807) is 0 Å². The van der Waals surface area contributed by atoms with Gasteiger partial charge in [-0.3, -0.25) is 14.5 Å². The Hall–Kier alpha value is -1.68. The highest BCUT2D eigenvalue weighted by Gasteiger charge is 2.35. The third-order valence-corrected chi connectivity index (χ3v) is 3.47. The molecule has 1 aromatic rings. The van der Waals surface area contributed by atoms with Crippen LogP contribution in [0.25, 0.3) is 0 Å². The largest absolute Gasteiger partial charge is 0.394 e. The Kier molecular flexibility index (Phi) is 4.32. The highest BCUT2D eigenvalue weighted by molar-refractivity contribution is 5.98. The highest BCUT2D eigenvalue weighted by Crippen LogP contribution is 2.22. The molecule has 2 amide bonds. The summed E-state index contributed by atoms with van der Waals surface area (Å²) in [6, 6.07) is 9.15. The molecule has 2 rings (SSSR count). The van der Waals surface area contributed by atoms with E-state index in [0.29, 0.717) is 19.3 Å². The number of imide groups is 1. The Balaban J connectivity index is 2.13. The standard InChI is InChI=1S/C15H19NO3/c1-11-7-14(18)16(15(19)8-11)13(10-17)9-12-5-3-2-4-6-12/h2-6,11,13,17H,7-10H2,1H3/t13-/m0/s1. The maximum atomic E-state index is 12.0. The summed E-state index contributed by atoms with van der Waals surface area (Å²) in [7, 11) is 0. The summed E-state index contributed by atoms with van der Waals surface area (Å²) in [6.07, 6.45) is 1.28. The maximum absolute atomic E-state index is 12.0. The molecule has 19 heavy (non-hydrogen) atoms. The normalized spacial score (nSPS) is 18.7. The van der Waals surface area contributed by atoms with Crippen molar-refractivity contribution in [2.75, 3.05) is 6.61 Å². The lowest BCUT2D eigenvalue weighted by atomic mass is 9.95. The van der Waals surface area contributed by atoms with E-state index in [0.717, 1.165) is 5.56 Å². The Morgan fingerprint density at radius 2 is 1.79 bits per heavy atom. The van der Waals surface area contributed by atoms with Gasteiger partial charge >= 0.3 is 0 Å². The summed E-state index contributed by atoms with van der Waals surface area (Å²) in [5, 5.41) is 9.49. The summed E-state index contributed by atoms with van der Waals surface area (Å²) in [6.45, 7) is 1.71. The van der Waals surface area contributed by atoms with E-state index in [2.05, 4.69) is 0 Å². The SMILES string of the molecule is CC1CC(=O)N([C@H](CO)Cc2ccccc2)C(=O)C1. The second kappa shape index (κ2) is 5.97. The summed E-state index contributed by atoms with van der Waals surface area (Å²) in [5.74, 6) is -0.232. The molecule has 0 aromatic heterocycles. The molecule has 0 bridgehead atoms. The molecular weight excluding hydrogens is 242 g/mol. The average molecular weight is 261 g/mol. The number of piperidine rings is 1. The quantitative estimate of drug-likeness (QED) is 0.833. The van der Waals surface area contributed by atoms with Crippen LogP contribution in [0.15, 0.2) is 30.3 Å². The fourth-order valence-corrected chi connectivity index (χ4v) is 2.54. The molecule has 1 heterocycles. The van der Waals surface area contributed by atoms with Gasteiger partial charge in [0.2, 0.25) is 11.8 Å². The van der Waals surface area contributed by atoms with Crippen LogP contribution < -0.4 is 0 Å². The number of carbonyl (C=O) groups excluding carboxylic acids is 2. The van der Waals surface area contributed by atoms with Gasteiger partial charge in [-0.05, 0) is 17.9 Å². The number of benzene rings is 1. The minimum atomic E-state index is -0.449. The molecule has 1 aliphatic rings. The van der Waals surface area contributed by atoms with Crippen molar-refractivity contribution >= 4 is 11.8 Å². The zero-order chi connectivity index (χ0) is 13.8. The number of hydrogen-bond acceptors (Lipinski definition) is 3. The molecule has 1 saturated heterocycles. The Morgan fingerprint density at radius 3 is 2.32 bits per heavy atom. The first-order valence-electron chi connectivity index (χ1n) is 6.61. The van der Waals surface area contributed by atoms with Crippen LogP contribution in [0, 0.1) is 5.92 Å². The second-order valence-electron chi connectivity index (χ2n) is 5.20. The highest BCUT2D eigenvalue weighted by atomic mass is 16.3. The number of amides is 2. The average Bonchev–Trinajstić information content (AvgIpc) is 2.37. The predicted octanol–water partition coefficient (Wildman–Crippen LogP) is 1.38. The van der Waals surface area contributed by atoms with Crippen LogP contribution in [0.4, 0.5) is 0 Å². The van der Waals surface area contributed by atoms with Crippen molar-refractivity contribution < 1.29 is 14.7 Å². The van der Waals surface area contributed by atoms with E-state index in [1.165, 1.54) is 4.90 Å². The minimum Gasteiger partial charge on any atom is -0.394 e. The lowest BCUT2D eigenvalue weighted by Crippen LogP contribution is -2.51. The number of rotatable bonds is 4. The van der Waals surface area contributed by atoms with Gasteiger partial charge in [0.05, 0.1) is 12.6 Å². The summed E-state index contributed by atoms with van der Waals surface area (Å²) in [4.78, 5) is 25.3. The second-order valence-corrected chi connectivity index (χ2v) is 5.20. The number of carbonyl (C=O) groups is 2. The van der Waals surface area contributed by atoms with Gasteiger partial charge in [0.15, 0.2) is 0 Å². The van der Waals surface area contributed by atoms with Crippen LogP contribution in [0.2, 0.25) is 0 Å². The van der Waals surface area contributed by atoms with Gasteiger partial charge in [0.1, 0.15) is 0 Å². The van der Waals surface area contributed by atoms with Gasteiger partial charge in [-0.2, -0.15) is 0 Å². The van der Waals surface area contributed by atoms with Gasteiger partial charge in [-0.25, -0.2) is 0 Å². The topological polar surface area (TPSA) is 57.6 Å². The Labute approximate surface area is 113 Å². The minimum absolute atomic E-state index is 0.104. The summed E-state index contributed by atoms with van der Waals surface area (Å²) in [5.41, 5.74) is 1.01. The van der Waals surface area contributed by atoms with Gasteiger partial charge in [-0.15, -0.1) is 0 Å². The molecule has 1 aromatic carbocycles. The molecule has 0 spiro atoms. The number of likely N-dealkylation sites (tertiary alicyclic amines) is 1. The van der Waals surface area contributed by atoms with Crippen LogP contribution >= 0.6 is 0 Å². The molecule has 1 aliphatic heterocycles. The zero-order valence-electron chi connectivity index (χ0n) is 11.1. The van der Waals surface area contributed by atoms with Crippen LogP contribution in [0.3, 0.4) is 0 Å². The summed E-state index contributed by atoms with van der Waals surface area (Å²) >= 11 is 0. The fraction of sp³-hybridized carbons (Fsp3) is 0.467. The van der Waals surface area contributed by atoms with Gasteiger partial charge < -0.3 is 5.11 Å². The van der Waals surface area contributed by atoms with E-state index < -0.39 is 6.04 Å². The first-order valence-corrected chi connectivity index (χ1v) is 6.61. The van der Waals surface area contributed by atoms with E-state index in [9.17, 15) is 14.7 Å². The van der Waals surface area contributed by atoms with Gasteiger partial charge in [-0.1, -0.05) is 37.3 Å². The first-order chi connectivity index (χ1) is 9.11. The van der Waals surface area contributed by atoms with Crippen LogP contribution in [-0.4, -0.2) is 34.5 Å².